The molecular weight excluding hydrogens is 360 g/mol. The van der Waals surface area contributed by atoms with Crippen LogP contribution in [0.15, 0.2) is 42.6 Å². The Morgan fingerprint density at radius 1 is 1.14 bits per heavy atom. The molecule has 1 aromatic heterocycles. The second-order valence-corrected chi connectivity index (χ2v) is 6.88. The molecule has 2 aromatic rings. The van der Waals surface area contributed by atoms with Crippen LogP contribution in [0.4, 0.5) is 0 Å². The Hall–Kier alpha value is -3.16. The molecule has 1 unspecified atom stereocenters. The molecule has 1 N–H and O–H groups in total. The molecule has 28 heavy (non-hydrogen) atoms. The Labute approximate surface area is 163 Å². The standard InChI is InChI=1S/C20H24N4O4/c1-15(25)23(14-19(26)27)16-8-5-12-22(13-10-16)20(28)18-9-11-21-24(18)17-6-3-2-4-7-17/h2-4,6-7,9,11,16H,5,8,10,12-14H2,1H3,(H,26,27). The number of amides is 2. The lowest BCUT2D eigenvalue weighted by Crippen LogP contribution is -2.43. The van der Waals surface area contributed by atoms with E-state index in [-0.39, 0.29) is 24.4 Å². The molecule has 1 atom stereocenters. The summed E-state index contributed by atoms with van der Waals surface area (Å²) in [5, 5.41) is 13.3. The largest absolute Gasteiger partial charge is 0.480 e. The number of nitrogens with zero attached hydrogens (tertiary/aromatic N) is 4. The van der Waals surface area contributed by atoms with E-state index in [1.54, 1.807) is 21.8 Å². The van der Waals surface area contributed by atoms with Gasteiger partial charge in [-0.25, -0.2) is 4.68 Å². The molecule has 3 rings (SSSR count). The third kappa shape index (κ3) is 4.39. The minimum Gasteiger partial charge on any atom is -0.480 e. The minimum atomic E-state index is -1.03. The van der Waals surface area contributed by atoms with Crippen LogP contribution in [-0.2, 0) is 9.59 Å². The van der Waals surface area contributed by atoms with Crippen molar-refractivity contribution in [2.75, 3.05) is 19.6 Å². The molecule has 0 bridgehead atoms. The summed E-state index contributed by atoms with van der Waals surface area (Å²) in [7, 11) is 0. The minimum absolute atomic E-state index is 0.116. The number of benzene rings is 1. The second-order valence-electron chi connectivity index (χ2n) is 6.88. The molecule has 1 fully saturated rings. The zero-order valence-corrected chi connectivity index (χ0v) is 15.8. The molecule has 2 amide bonds. The van der Waals surface area contributed by atoms with Gasteiger partial charge in [-0.3, -0.25) is 14.4 Å². The zero-order chi connectivity index (χ0) is 20.1. The van der Waals surface area contributed by atoms with Gasteiger partial charge in [-0.2, -0.15) is 5.10 Å². The lowest BCUT2D eigenvalue weighted by Gasteiger charge is -2.28. The summed E-state index contributed by atoms with van der Waals surface area (Å²) in [6, 6.07) is 11.0. The highest BCUT2D eigenvalue weighted by atomic mass is 16.4. The quantitative estimate of drug-likeness (QED) is 0.848. The molecule has 1 aliphatic rings. The monoisotopic (exact) mass is 384 g/mol. The van der Waals surface area contributed by atoms with E-state index in [4.69, 9.17) is 5.11 Å². The fourth-order valence-corrected chi connectivity index (χ4v) is 3.64. The van der Waals surface area contributed by atoms with Gasteiger partial charge in [-0.05, 0) is 37.5 Å². The lowest BCUT2D eigenvalue weighted by atomic mass is 10.1. The van der Waals surface area contributed by atoms with Gasteiger partial charge >= 0.3 is 5.97 Å². The van der Waals surface area contributed by atoms with Gasteiger partial charge < -0.3 is 14.9 Å². The number of carbonyl (C=O) groups excluding carboxylic acids is 2. The molecule has 0 aliphatic carbocycles. The molecule has 0 radical (unpaired) electrons. The van der Waals surface area contributed by atoms with Crippen molar-refractivity contribution in [3.63, 3.8) is 0 Å². The second kappa shape index (κ2) is 8.69. The molecule has 148 valence electrons. The van der Waals surface area contributed by atoms with Crippen LogP contribution >= 0.6 is 0 Å². The van der Waals surface area contributed by atoms with E-state index in [1.807, 2.05) is 30.3 Å². The number of aromatic nitrogens is 2. The summed E-state index contributed by atoms with van der Waals surface area (Å²) >= 11 is 0. The predicted octanol–water partition coefficient (Wildman–Crippen LogP) is 1.80. The van der Waals surface area contributed by atoms with E-state index in [2.05, 4.69) is 5.10 Å². The number of rotatable bonds is 5. The first-order valence-electron chi connectivity index (χ1n) is 9.35. The number of aliphatic carboxylic acids is 1. The van der Waals surface area contributed by atoms with Crippen LogP contribution in [-0.4, -0.2) is 68.1 Å². The Morgan fingerprint density at radius 2 is 1.89 bits per heavy atom. The van der Waals surface area contributed by atoms with Crippen molar-refractivity contribution < 1.29 is 19.5 Å². The van der Waals surface area contributed by atoms with Gasteiger partial charge in [0.2, 0.25) is 5.91 Å². The molecule has 1 saturated heterocycles. The first-order valence-corrected chi connectivity index (χ1v) is 9.35. The van der Waals surface area contributed by atoms with Crippen molar-refractivity contribution in [3.8, 4) is 5.69 Å². The van der Waals surface area contributed by atoms with E-state index < -0.39 is 5.97 Å². The normalized spacial score (nSPS) is 17.0. The zero-order valence-electron chi connectivity index (χ0n) is 15.8. The number of carbonyl (C=O) groups is 3. The highest BCUT2D eigenvalue weighted by molar-refractivity contribution is 5.93. The van der Waals surface area contributed by atoms with Crippen molar-refractivity contribution >= 4 is 17.8 Å². The number of carboxylic acids is 1. The van der Waals surface area contributed by atoms with Crippen molar-refractivity contribution in [3.05, 3.63) is 48.3 Å². The van der Waals surface area contributed by atoms with E-state index in [0.29, 0.717) is 38.0 Å². The smallest absolute Gasteiger partial charge is 0.323 e. The first kappa shape index (κ1) is 19.6. The Bertz CT molecular complexity index is 849. The maximum Gasteiger partial charge on any atom is 0.323 e. The Kier molecular flexibility index (Phi) is 6.08. The van der Waals surface area contributed by atoms with Crippen molar-refractivity contribution in [2.24, 2.45) is 0 Å². The van der Waals surface area contributed by atoms with Crippen molar-refractivity contribution in [1.82, 2.24) is 19.6 Å². The van der Waals surface area contributed by atoms with Crippen LogP contribution < -0.4 is 0 Å². The fourth-order valence-electron chi connectivity index (χ4n) is 3.64. The average molecular weight is 384 g/mol. The Morgan fingerprint density at radius 3 is 2.57 bits per heavy atom. The molecule has 2 heterocycles. The summed E-state index contributed by atoms with van der Waals surface area (Å²) in [6.07, 6.45) is 3.54. The van der Waals surface area contributed by atoms with Crippen LogP contribution in [0.2, 0.25) is 0 Å². The van der Waals surface area contributed by atoms with Crippen LogP contribution in [0.25, 0.3) is 5.69 Å². The van der Waals surface area contributed by atoms with Gasteiger partial charge in [0.05, 0.1) is 11.9 Å². The molecule has 1 aliphatic heterocycles. The van der Waals surface area contributed by atoms with Crippen LogP contribution in [0.1, 0.15) is 36.7 Å². The van der Waals surface area contributed by atoms with Gasteiger partial charge in [0, 0.05) is 26.1 Å². The molecule has 0 saturated carbocycles. The van der Waals surface area contributed by atoms with Gasteiger partial charge in [0.25, 0.3) is 5.91 Å². The predicted molar refractivity (Wildman–Crippen MR) is 102 cm³/mol. The summed E-state index contributed by atoms with van der Waals surface area (Å²) in [5.74, 6) is -1.40. The van der Waals surface area contributed by atoms with Gasteiger partial charge in [0.15, 0.2) is 0 Å². The first-order chi connectivity index (χ1) is 13.5. The van der Waals surface area contributed by atoms with Gasteiger partial charge in [-0.15, -0.1) is 0 Å². The molecule has 1 aromatic carbocycles. The van der Waals surface area contributed by atoms with E-state index in [9.17, 15) is 14.4 Å². The number of likely N-dealkylation sites (tertiary alicyclic amines) is 1. The van der Waals surface area contributed by atoms with Crippen molar-refractivity contribution in [2.45, 2.75) is 32.2 Å². The van der Waals surface area contributed by atoms with E-state index in [0.717, 1.165) is 5.69 Å². The van der Waals surface area contributed by atoms with E-state index >= 15 is 0 Å². The Balaban J connectivity index is 1.73. The van der Waals surface area contributed by atoms with Crippen LogP contribution in [0.3, 0.4) is 0 Å². The van der Waals surface area contributed by atoms with Gasteiger partial charge in [0.1, 0.15) is 12.2 Å². The number of carboxylic acid groups (broad SMARTS) is 1. The van der Waals surface area contributed by atoms with Crippen LogP contribution in [0, 0.1) is 0 Å². The molecular formula is C20H24N4O4. The molecule has 0 spiro atoms. The van der Waals surface area contributed by atoms with Crippen molar-refractivity contribution in [1.29, 1.82) is 0 Å². The van der Waals surface area contributed by atoms with E-state index in [1.165, 1.54) is 11.8 Å². The average Bonchev–Trinajstić information content (AvgIpc) is 3.04. The van der Waals surface area contributed by atoms with Gasteiger partial charge in [-0.1, -0.05) is 18.2 Å². The molecule has 8 heteroatoms. The lowest BCUT2D eigenvalue weighted by molar-refractivity contribution is -0.145. The third-order valence-corrected chi connectivity index (χ3v) is 5.00. The number of para-hydroxylation sites is 1. The SMILES string of the molecule is CC(=O)N(CC(=O)O)C1CCCN(C(=O)c2ccnn2-c2ccccc2)CC1. The maximum absolute atomic E-state index is 13.1. The summed E-state index contributed by atoms with van der Waals surface area (Å²) in [5.41, 5.74) is 1.30. The number of hydrogen-bond donors (Lipinski definition) is 1. The van der Waals surface area contributed by atoms with Crippen LogP contribution in [0.5, 0.6) is 0 Å². The highest BCUT2D eigenvalue weighted by Gasteiger charge is 2.29. The maximum atomic E-state index is 13.1. The molecule has 8 nitrogen and oxygen atoms in total. The summed E-state index contributed by atoms with van der Waals surface area (Å²) in [6.45, 7) is 2.10. The third-order valence-electron chi connectivity index (χ3n) is 5.00. The summed E-state index contributed by atoms with van der Waals surface area (Å²) in [4.78, 5) is 39.2. The number of hydrogen-bond acceptors (Lipinski definition) is 4. The highest BCUT2D eigenvalue weighted by Crippen LogP contribution is 2.20. The topological polar surface area (TPSA) is 95.7 Å². The fraction of sp³-hybridized carbons (Fsp3) is 0.400. The summed E-state index contributed by atoms with van der Waals surface area (Å²) < 4.78 is 1.62.